The van der Waals surface area contributed by atoms with Crippen LogP contribution >= 0.6 is 0 Å². The van der Waals surface area contributed by atoms with Gasteiger partial charge in [-0.15, -0.1) is 0 Å². The normalized spacial score (nSPS) is 19.6. The summed E-state index contributed by atoms with van der Waals surface area (Å²) in [6, 6.07) is 2.97. The number of hydrogen-bond donors (Lipinski definition) is 2. The molecule has 120 valence electrons. The SMILES string of the molecule is CCC(C)n1ccc(CC(CCC2CCCCC2)NN)n1. The van der Waals surface area contributed by atoms with Gasteiger partial charge in [-0.05, 0) is 38.2 Å². The Morgan fingerprint density at radius 1 is 1.38 bits per heavy atom. The van der Waals surface area contributed by atoms with Crippen molar-refractivity contribution < 1.29 is 0 Å². The predicted molar refractivity (Wildman–Crippen MR) is 87.9 cm³/mol. The third kappa shape index (κ3) is 5.11. The third-order valence-electron chi connectivity index (χ3n) is 5.05. The first-order chi connectivity index (χ1) is 10.2. The van der Waals surface area contributed by atoms with Crippen LogP contribution in [0.4, 0.5) is 0 Å². The molecule has 0 radical (unpaired) electrons. The average Bonchev–Trinajstić information content (AvgIpc) is 3.00. The van der Waals surface area contributed by atoms with Gasteiger partial charge in [0, 0.05) is 24.7 Å². The number of rotatable bonds is 8. The minimum absolute atomic E-state index is 0.354. The smallest absolute Gasteiger partial charge is 0.0640 e. The molecule has 1 fully saturated rings. The van der Waals surface area contributed by atoms with E-state index in [-0.39, 0.29) is 0 Å². The largest absolute Gasteiger partial charge is 0.271 e. The number of hydrazine groups is 1. The average molecular weight is 292 g/mol. The molecule has 21 heavy (non-hydrogen) atoms. The maximum Gasteiger partial charge on any atom is 0.0640 e. The molecule has 0 aromatic carbocycles. The monoisotopic (exact) mass is 292 g/mol. The zero-order valence-corrected chi connectivity index (χ0v) is 13.7. The van der Waals surface area contributed by atoms with Gasteiger partial charge in [0.2, 0.25) is 0 Å². The molecule has 0 aliphatic heterocycles. The first kappa shape index (κ1) is 16.5. The summed E-state index contributed by atoms with van der Waals surface area (Å²) in [7, 11) is 0. The van der Waals surface area contributed by atoms with Crippen molar-refractivity contribution in [3.63, 3.8) is 0 Å². The van der Waals surface area contributed by atoms with E-state index >= 15 is 0 Å². The Morgan fingerprint density at radius 3 is 2.81 bits per heavy atom. The van der Waals surface area contributed by atoms with E-state index < -0.39 is 0 Å². The lowest BCUT2D eigenvalue weighted by atomic mass is 9.85. The highest BCUT2D eigenvalue weighted by atomic mass is 15.3. The second-order valence-electron chi connectivity index (χ2n) is 6.69. The molecule has 0 bridgehead atoms. The number of nitrogens with one attached hydrogen (secondary N) is 1. The van der Waals surface area contributed by atoms with Crippen molar-refractivity contribution in [1.82, 2.24) is 15.2 Å². The molecule has 0 spiro atoms. The van der Waals surface area contributed by atoms with Crippen LogP contribution in [0, 0.1) is 5.92 Å². The van der Waals surface area contributed by atoms with E-state index in [2.05, 4.69) is 41.3 Å². The van der Waals surface area contributed by atoms with Crippen LogP contribution in [-0.4, -0.2) is 15.8 Å². The lowest BCUT2D eigenvalue weighted by Crippen LogP contribution is -2.37. The molecule has 1 aromatic heterocycles. The van der Waals surface area contributed by atoms with Crippen LogP contribution in [0.1, 0.15) is 76.9 Å². The van der Waals surface area contributed by atoms with Crippen LogP contribution in [0.2, 0.25) is 0 Å². The van der Waals surface area contributed by atoms with E-state index in [1.807, 2.05) is 0 Å². The van der Waals surface area contributed by atoms with Crippen LogP contribution in [0.5, 0.6) is 0 Å². The fourth-order valence-electron chi connectivity index (χ4n) is 3.33. The van der Waals surface area contributed by atoms with Gasteiger partial charge >= 0.3 is 0 Å². The molecular formula is C17H32N4. The van der Waals surface area contributed by atoms with Crippen LogP contribution in [0.15, 0.2) is 12.3 Å². The van der Waals surface area contributed by atoms with Gasteiger partial charge in [-0.1, -0.05) is 39.0 Å². The van der Waals surface area contributed by atoms with E-state index in [1.54, 1.807) is 0 Å². The first-order valence-electron chi connectivity index (χ1n) is 8.73. The van der Waals surface area contributed by atoms with E-state index in [4.69, 9.17) is 5.84 Å². The van der Waals surface area contributed by atoms with Gasteiger partial charge in [-0.25, -0.2) is 0 Å². The van der Waals surface area contributed by atoms with Gasteiger partial charge in [0.1, 0.15) is 0 Å². The molecule has 0 saturated heterocycles. The molecular weight excluding hydrogens is 260 g/mol. The van der Waals surface area contributed by atoms with Gasteiger partial charge in [-0.3, -0.25) is 16.0 Å². The Labute approximate surface area is 129 Å². The Kier molecular flexibility index (Phi) is 6.71. The zero-order chi connectivity index (χ0) is 15.1. The molecule has 1 aromatic rings. The van der Waals surface area contributed by atoms with Gasteiger partial charge in [0.25, 0.3) is 0 Å². The van der Waals surface area contributed by atoms with E-state index in [0.717, 1.165) is 30.9 Å². The molecule has 1 saturated carbocycles. The van der Waals surface area contributed by atoms with Crippen molar-refractivity contribution in [3.05, 3.63) is 18.0 Å². The van der Waals surface area contributed by atoms with Crippen molar-refractivity contribution in [1.29, 1.82) is 0 Å². The van der Waals surface area contributed by atoms with Gasteiger partial charge < -0.3 is 0 Å². The van der Waals surface area contributed by atoms with Crippen molar-refractivity contribution in [3.8, 4) is 0 Å². The Balaban J connectivity index is 1.79. The second kappa shape index (κ2) is 8.54. The van der Waals surface area contributed by atoms with Crippen LogP contribution < -0.4 is 11.3 Å². The summed E-state index contributed by atoms with van der Waals surface area (Å²) < 4.78 is 2.07. The molecule has 4 heteroatoms. The molecule has 2 atom stereocenters. The lowest BCUT2D eigenvalue weighted by molar-refractivity contribution is 0.312. The Morgan fingerprint density at radius 2 is 2.14 bits per heavy atom. The molecule has 2 rings (SSSR count). The van der Waals surface area contributed by atoms with Crippen molar-refractivity contribution in [2.45, 2.75) is 83.7 Å². The number of hydrogen-bond acceptors (Lipinski definition) is 3. The first-order valence-corrected chi connectivity index (χ1v) is 8.73. The molecule has 1 heterocycles. The molecule has 4 nitrogen and oxygen atoms in total. The summed E-state index contributed by atoms with van der Waals surface area (Å²) in [6.45, 7) is 4.40. The van der Waals surface area contributed by atoms with Crippen molar-refractivity contribution in [2.75, 3.05) is 0 Å². The van der Waals surface area contributed by atoms with Crippen LogP contribution in [0.25, 0.3) is 0 Å². The summed E-state index contributed by atoms with van der Waals surface area (Å²) in [4.78, 5) is 0. The summed E-state index contributed by atoms with van der Waals surface area (Å²) in [5.41, 5.74) is 4.15. The summed E-state index contributed by atoms with van der Waals surface area (Å²) >= 11 is 0. The minimum atomic E-state index is 0.354. The number of aromatic nitrogens is 2. The molecule has 3 N–H and O–H groups in total. The number of nitrogens with two attached hydrogens (primary N) is 1. The number of nitrogens with zero attached hydrogens (tertiary/aromatic N) is 2. The quantitative estimate of drug-likeness (QED) is 0.568. The van der Waals surface area contributed by atoms with Crippen molar-refractivity contribution in [2.24, 2.45) is 11.8 Å². The maximum absolute atomic E-state index is 5.74. The fourth-order valence-corrected chi connectivity index (χ4v) is 3.33. The predicted octanol–water partition coefficient (Wildman–Crippen LogP) is 3.59. The third-order valence-corrected chi connectivity index (χ3v) is 5.05. The topological polar surface area (TPSA) is 55.9 Å². The lowest BCUT2D eigenvalue weighted by Gasteiger charge is -2.23. The van der Waals surface area contributed by atoms with E-state index in [1.165, 1.54) is 38.5 Å². The highest BCUT2D eigenvalue weighted by molar-refractivity contribution is 5.02. The van der Waals surface area contributed by atoms with Crippen LogP contribution in [0.3, 0.4) is 0 Å². The van der Waals surface area contributed by atoms with Crippen LogP contribution in [-0.2, 0) is 6.42 Å². The molecule has 2 unspecified atom stereocenters. The second-order valence-corrected chi connectivity index (χ2v) is 6.69. The zero-order valence-electron chi connectivity index (χ0n) is 13.7. The fraction of sp³-hybridized carbons (Fsp3) is 0.824. The highest BCUT2D eigenvalue weighted by Crippen LogP contribution is 2.28. The van der Waals surface area contributed by atoms with Gasteiger partial charge in [0.15, 0.2) is 0 Å². The Hall–Kier alpha value is -0.870. The van der Waals surface area contributed by atoms with E-state index in [9.17, 15) is 0 Å². The molecule has 0 amide bonds. The van der Waals surface area contributed by atoms with Crippen molar-refractivity contribution >= 4 is 0 Å². The van der Waals surface area contributed by atoms with E-state index in [0.29, 0.717) is 12.1 Å². The van der Waals surface area contributed by atoms with Gasteiger partial charge in [-0.2, -0.15) is 5.10 Å². The van der Waals surface area contributed by atoms with Gasteiger partial charge in [0.05, 0.1) is 5.69 Å². The molecule has 1 aliphatic rings. The summed E-state index contributed by atoms with van der Waals surface area (Å²) in [5.74, 6) is 6.67. The molecule has 1 aliphatic carbocycles. The minimum Gasteiger partial charge on any atom is -0.271 e. The Bertz CT molecular complexity index is 395. The highest BCUT2D eigenvalue weighted by Gasteiger charge is 2.17. The summed E-state index contributed by atoms with van der Waals surface area (Å²) in [5, 5.41) is 4.68. The maximum atomic E-state index is 5.74. The standard InChI is InChI=1S/C17H32N4/c1-3-14(2)21-12-11-17(20-21)13-16(19-18)10-9-15-7-5-4-6-8-15/h11-12,14-16,19H,3-10,13,18H2,1-2H3. The summed E-state index contributed by atoms with van der Waals surface area (Å²) in [6.07, 6.45) is 13.7.